The van der Waals surface area contributed by atoms with Crippen molar-refractivity contribution in [2.24, 2.45) is 0 Å². The summed E-state index contributed by atoms with van der Waals surface area (Å²) < 4.78 is 5.37. The molecule has 7 heteroatoms. The molecule has 1 heterocycles. The molecule has 7 nitrogen and oxygen atoms in total. The first-order valence-electron chi connectivity index (χ1n) is 7.32. The fraction of sp³-hybridized carbons (Fsp3) is 0.467. The van der Waals surface area contributed by atoms with Gasteiger partial charge in [-0.05, 0) is 31.2 Å². The molecule has 2 N–H and O–H groups in total. The lowest BCUT2D eigenvalue weighted by Crippen LogP contribution is -2.40. The van der Waals surface area contributed by atoms with Crippen LogP contribution in [0.5, 0.6) is 5.75 Å². The Morgan fingerprint density at radius 3 is 2.68 bits per heavy atom. The van der Waals surface area contributed by atoms with Crippen molar-refractivity contribution < 1.29 is 19.4 Å². The van der Waals surface area contributed by atoms with Crippen molar-refractivity contribution in [2.45, 2.75) is 6.92 Å². The van der Waals surface area contributed by atoms with Gasteiger partial charge in [0.25, 0.3) is 0 Å². The van der Waals surface area contributed by atoms with Crippen molar-refractivity contribution in [3.8, 4) is 5.75 Å². The summed E-state index contributed by atoms with van der Waals surface area (Å²) in [5.74, 6) is 0.495. The van der Waals surface area contributed by atoms with Gasteiger partial charge in [0.1, 0.15) is 12.3 Å². The molecule has 0 atom stereocenters. The number of carbonyl (C=O) groups is 2. The molecule has 120 valence electrons. The van der Waals surface area contributed by atoms with Gasteiger partial charge in [0.15, 0.2) is 0 Å². The van der Waals surface area contributed by atoms with Crippen molar-refractivity contribution >= 4 is 17.6 Å². The van der Waals surface area contributed by atoms with Crippen molar-refractivity contribution in [3.05, 3.63) is 24.3 Å². The van der Waals surface area contributed by atoms with Crippen LogP contribution in [0.15, 0.2) is 24.3 Å². The standard InChI is InChI=1S/C15H21N3O4/c1-2-22-13-5-3-12(4-6-13)18-9-8-17(15(18)21)11-14(20)16-7-10-19/h3-6,19H,2,7-11H2,1H3,(H,16,20). The van der Waals surface area contributed by atoms with Crippen LogP contribution < -0.4 is 15.0 Å². The Labute approximate surface area is 129 Å². The van der Waals surface area contributed by atoms with Gasteiger partial charge in [-0.15, -0.1) is 0 Å². The van der Waals surface area contributed by atoms with Gasteiger partial charge in [0.05, 0.1) is 13.2 Å². The summed E-state index contributed by atoms with van der Waals surface area (Å²) in [6.45, 7) is 3.64. The molecule has 2 rings (SSSR count). The summed E-state index contributed by atoms with van der Waals surface area (Å²) >= 11 is 0. The lowest BCUT2D eigenvalue weighted by atomic mass is 10.3. The zero-order valence-electron chi connectivity index (χ0n) is 12.6. The Morgan fingerprint density at radius 1 is 1.32 bits per heavy atom. The summed E-state index contributed by atoms with van der Waals surface area (Å²) in [6, 6.07) is 7.12. The van der Waals surface area contributed by atoms with E-state index in [1.807, 2.05) is 31.2 Å². The largest absolute Gasteiger partial charge is 0.494 e. The van der Waals surface area contributed by atoms with Crippen LogP contribution in [0, 0.1) is 0 Å². The SMILES string of the molecule is CCOc1ccc(N2CCN(CC(=O)NCCO)C2=O)cc1. The second kappa shape index (κ2) is 7.65. The van der Waals surface area contributed by atoms with Gasteiger partial charge in [-0.3, -0.25) is 9.69 Å². The molecular weight excluding hydrogens is 286 g/mol. The molecule has 0 unspecified atom stereocenters. The minimum absolute atomic E-state index is 0.00631. The molecule has 1 aromatic rings. The van der Waals surface area contributed by atoms with E-state index in [4.69, 9.17) is 9.84 Å². The third kappa shape index (κ3) is 3.88. The Balaban J connectivity index is 1.94. The van der Waals surface area contributed by atoms with E-state index in [-0.39, 0.29) is 31.6 Å². The van der Waals surface area contributed by atoms with Crippen molar-refractivity contribution in [3.63, 3.8) is 0 Å². The number of anilines is 1. The minimum atomic E-state index is -0.268. The third-order valence-electron chi connectivity index (χ3n) is 3.32. The van der Waals surface area contributed by atoms with Crippen LogP contribution >= 0.6 is 0 Å². The topological polar surface area (TPSA) is 82.1 Å². The number of nitrogens with one attached hydrogen (secondary N) is 1. The van der Waals surface area contributed by atoms with Crippen molar-refractivity contribution in [1.29, 1.82) is 0 Å². The normalized spacial score (nSPS) is 14.4. The van der Waals surface area contributed by atoms with E-state index in [1.54, 1.807) is 4.90 Å². The van der Waals surface area contributed by atoms with Gasteiger partial charge < -0.3 is 20.1 Å². The second-order valence-electron chi connectivity index (χ2n) is 4.86. The molecule has 0 spiro atoms. The maximum Gasteiger partial charge on any atom is 0.325 e. The predicted octanol–water partition coefficient (Wildman–Crippen LogP) is 0.436. The molecule has 22 heavy (non-hydrogen) atoms. The van der Waals surface area contributed by atoms with Gasteiger partial charge in [-0.25, -0.2) is 4.79 Å². The Hall–Kier alpha value is -2.28. The highest BCUT2D eigenvalue weighted by atomic mass is 16.5. The number of aliphatic hydroxyl groups is 1. The number of benzene rings is 1. The summed E-state index contributed by atoms with van der Waals surface area (Å²) in [6.07, 6.45) is 0. The highest BCUT2D eigenvalue weighted by molar-refractivity contribution is 5.96. The molecule has 3 amide bonds. The van der Waals surface area contributed by atoms with Crippen LogP contribution in [-0.2, 0) is 4.79 Å². The van der Waals surface area contributed by atoms with E-state index in [9.17, 15) is 9.59 Å². The van der Waals surface area contributed by atoms with Gasteiger partial charge in [0.2, 0.25) is 5.91 Å². The smallest absolute Gasteiger partial charge is 0.325 e. The molecular formula is C15H21N3O4. The number of ether oxygens (including phenoxy) is 1. The van der Waals surface area contributed by atoms with E-state index in [0.717, 1.165) is 11.4 Å². The number of aliphatic hydroxyl groups excluding tert-OH is 1. The molecule has 1 aliphatic rings. The molecule has 1 aromatic carbocycles. The average Bonchev–Trinajstić information content (AvgIpc) is 2.87. The molecule has 0 aromatic heterocycles. The van der Waals surface area contributed by atoms with Gasteiger partial charge in [0, 0.05) is 25.3 Å². The molecule has 0 bridgehead atoms. The first-order chi connectivity index (χ1) is 10.7. The summed E-state index contributed by atoms with van der Waals surface area (Å²) in [5.41, 5.74) is 0.784. The minimum Gasteiger partial charge on any atom is -0.494 e. The number of hydrogen-bond acceptors (Lipinski definition) is 4. The monoisotopic (exact) mass is 307 g/mol. The van der Waals surface area contributed by atoms with Crippen LogP contribution in [0.1, 0.15) is 6.92 Å². The zero-order valence-corrected chi connectivity index (χ0v) is 12.6. The first kappa shape index (κ1) is 16.1. The maximum atomic E-state index is 12.3. The molecule has 0 radical (unpaired) electrons. The molecule has 1 saturated heterocycles. The molecule has 0 saturated carbocycles. The Kier molecular flexibility index (Phi) is 5.60. The maximum absolute atomic E-state index is 12.3. The number of hydrogen-bond donors (Lipinski definition) is 2. The second-order valence-corrected chi connectivity index (χ2v) is 4.86. The number of amides is 3. The predicted molar refractivity (Wildman–Crippen MR) is 82.0 cm³/mol. The van der Waals surface area contributed by atoms with Crippen LogP contribution in [-0.4, -0.2) is 61.3 Å². The highest BCUT2D eigenvalue weighted by Gasteiger charge is 2.30. The Bertz CT molecular complexity index is 518. The highest BCUT2D eigenvalue weighted by Crippen LogP contribution is 2.23. The van der Waals surface area contributed by atoms with E-state index in [2.05, 4.69) is 5.32 Å². The summed E-state index contributed by atoms with van der Waals surface area (Å²) in [7, 11) is 0. The van der Waals surface area contributed by atoms with Crippen LogP contribution in [0.4, 0.5) is 10.5 Å². The van der Waals surface area contributed by atoms with Crippen LogP contribution in [0.3, 0.4) is 0 Å². The van der Waals surface area contributed by atoms with Crippen LogP contribution in [0.2, 0.25) is 0 Å². The zero-order chi connectivity index (χ0) is 15.9. The summed E-state index contributed by atoms with van der Waals surface area (Å²) in [5, 5.41) is 11.2. The van der Waals surface area contributed by atoms with E-state index in [0.29, 0.717) is 19.7 Å². The fourth-order valence-electron chi connectivity index (χ4n) is 2.28. The van der Waals surface area contributed by atoms with Gasteiger partial charge >= 0.3 is 6.03 Å². The lowest BCUT2D eigenvalue weighted by Gasteiger charge is -2.18. The van der Waals surface area contributed by atoms with Crippen molar-refractivity contribution in [1.82, 2.24) is 10.2 Å². The van der Waals surface area contributed by atoms with Crippen molar-refractivity contribution in [2.75, 3.05) is 44.3 Å². The average molecular weight is 307 g/mol. The Morgan fingerprint density at radius 2 is 2.05 bits per heavy atom. The molecule has 1 aliphatic heterocycles. The van der Waals surface area contributed by atoms with E-state index >= 15 is 0 Å². The molecule has 0 aliphatic carbocycles. The van der Waals surface area contributed by atoms with Gasteiger partial charge in [-0.2, -0.15) is 0 Å². The first-order valence-corrected chi connectivity index (χ1v) is 7.32. The number of rotatable bonds is 7. The number of urea groups is 1. The van der Waals surface area contributed by atoms with Crippen LogP contribution in [0.25, 0.3) is 0 Å². The fourth-order valence-corrected chi connectivity index (χ4v) is 2.28. The van der Waals surface area contributed by atoms with E-state index in [1.165, 1.54) is 4.90 Å². The van der Waals surface area contributed by atoms with Gasteiger partial charge in [-0.1, -0.05) is 0 Å². The number of carbonyl (C=O) groups excluding carboxylic acids is 2. The number of nitrogens with zero attached hydrogens (tertiary/aromatic N) is 2. The third-order valence-corrected chi connectivity index (χ3v) is 3.32. The quantitative estimate of drug-likeness (QED) is 0.765. The lowest BCUT2D eigenvalue weighted by molar-refractivity contribution is -0.121. The van der Waals surface area contributed by atoms with E-state index < -0.39 is 0 Å². The molecule has 1 fully saturated rings. The summed E-state index contributed by atoms with van der Waals surface area (Å²) in [4.78, 5) is 27.1.